The molecule has 0 unspecified atom stereocenters. The lowest BCUT2D eigenvalue weighted by molar-refractivity contribution is -0.141. The molecule has 0 aliphatic carbocycles. The molecule has 168 valence electrons. The summed E-state index contributed by atoms with van der Waals surface area (Å²) in [6, 6.07) is 4.56. The summed E-state index contributed by atoms with van der Waals surface area (Å²) in [4.78, 5) is 31.0. The molecule has 0 atom stereocenters. The second kappa shape index (κ2) is 10.0. The summed E-state index contributed by atoms with van der Waals surface area (Å²) in [7, 11) is 1.41. The fraction of sp³-hybridized carbons (Fsp3) is 0.381. The Labute approximate surface area is 189 Å². The number of carbonyl (C=O) groups is 1. The molecular weight excluding hydrogens is 437 g/mol. The zero-order chi connectivity index (χ0) is 22.5. The number of nitrogens with one attached hydrogen (secondary N) is 2. The van der Waals surface area contributed by atoms with E-state index in [1.807, 2.05) is 0 Å². The number of nitrogens with zero attached hydrogens (tertiary/aromatic N) is 5. The number of ether oxygens (including phenoxy) is 1. The molecule has 1 aromatic carbocycles. The van der Waals surface area contributed by atoms with Gasteiger partial charge in [0.15, 0.2) is 5.82 Å². The normalized spacial score (nSPS) is 15.0. The van der Waals surface area contributed by atoms with Crippen molar-refractivity contribution in [1.29, 1.82) is 0 Å². The van der Waals surface area contributed by atoms with Crippen LogP contribution in [0.15, 0.2) is 30.7 Å². The van der Waals surface area contributed by atoms with Gasteiger partial charge in [0.25, 0.3) is 0 Å². The highest BCUT2D eigenvalue weighted by molar-refractivity contribution is 6.31. The topological polar surface area (TPSA) is 105 Å². The van der Waals surface area contributed by atoms with E-state index in [0.717, 1.165) is 25.9 Å². The Balaban J connectivity index is 1.43. The molecule has 32 heavy (non-hydrogen) atoms. The summed E-state index contributed by atoms with van der Waals surface area (Å²) in [5, 5.41) is 6.51. The maximum Gasteiger partial charge on any atom is 0.306 e. The van der Waals surface area contributed by atoms with Crippen LogP contribution in [0.3, 0.4) is 0 Å². The Kier molecular flexibility index (Phi) is 6.91. The Morgan fingerprint density at radius 1 is 1.28 bits per heavy atom. The molecule has 1 fully saturated rings. The quantitative estimate of drug-likeness (QED) is 0.514. The molecule has 0 spiro atoms. The molecule has 1 aliphatic heterocycles. The number of carbonyl (C=O) groups excluding carboxylic acids is 1. The first-order chi connectivity index (χ1) is 15.5. The van der Waals surface area contributed by atoms with Crippen molar-refractivity contribution in [2.45, 2.75) is 25.3 Å². The van der Waals surface area contributed by atoms with Crippen molar-refractivity contribution < 1.29 is 13.9 Å². The number of methoxy groups -OCH3 is 1. The smallest absolute Gasteiger partial charge is 0.306 e. The Hall–Kier alpha value is -3.11. The van der Waals surface area contributed by atoms with Gasteiger partial charge < -0.3 is 20.3 Å². The number of likely N-dealkylation sites (tertiary alicyclic amines) is 1. The van der Waals surface area contributed by atoms with Gasteiger partial charge in [-0.25, -0.2) is 24.3 Å². The molecule has 1 saturated heterocycles. The van der Waals surface area contributed by atoms with E-state index in [-0.39, 0.29) is 17.0 Å². The number of aromatic nitrogens is 4. The van der Waals surface area contributed by atoms with Crippen LogP contribution in [0.2, 0.25) is 5.02 Å². The van der Waals surface area contributed by atoms with Crippen LogP contribution in [-0.4, -0.2) is 63.6 Å². The van der Waals surface area contributed by atoms with Crippen LogP contribution in [0.25, 0.3) is 11.0 Å². The summed E-state index contributed by atoms with van der Waals surface area (Å²) < 4.78 is 18.1. The highest BCUT2D eigenvalue weighted by Crippen LogP contribution is 2.25. The van der Waals surface area contributed by atoms with E-state index in [1.54, 1.807) is 12.3 Å². The van der Waals surface area contributed by atoms with Gasteiger partial charge in [-0.2, -0.15) is 0 Å². The summed E-state index contributed by atoms with van der Waals surface area (Å²) in [6.07, 6.45) is 5.27. The van der Waals surface area contributed by atoms with Gasteiger partial charge in [-0.15, -0.1) is 0 Å². The molecule has 2 N–H and O–H groups in total. The minimum atomic E-state index is -0.491. The van der Waals surface area contributed by atoms with Crippen LogP contribution in [0.5, 0.6) is 0 Å². The predicted octanol–water partition coefficient (Wildman–Crippen LogP) is 3.40. The van der Waals surface area contributed by atoms with E-state index >= 15 is 0 Å². The first kappa shape index (κ1) is 22.1. The predicted molar refractivity (Wildman–Crippen MR) is 120 cm³/mol. The summed E-state index contributed by atoms with van der Waals surface area (Å²) in [5.74, 6) is 0.278. The number of esters is 1. The maximum absolute atomic E-state index is 13.4. The lowest BCUT2D eigenvalue weighted by atomic mass is 10.1. The van der Waals surface area contributed by atoms with Crippen LogP contribution < -0.4 is 10.6 Å². The van der Waals surface area contributed by atoms with E-state index < -0.39 is 5.82 Å². The van der Waals surface area contributed by atoms with Crippen LogP contribution in [0.1, 0.15) is 19.3 Å². The average molecular weight is 460 g/mol. The third-order valence-corrected chi connectivity index (χ3v) is 5.63. The molecule has 3 heterocycles. The Bertz CT molecular complexity index is 1110. The van der Waals surface area contributed by atoms with Crippen molar-refractivity contribution >= 4 is 46.1 Å². The Morgan fingerprint density at radius 3 is 2.84 bits per heavy atom. The third kappa shape index (κ3) is 5.38. The summed E-state index contributed by atoms with van der Waals surface area (Å²) >= 11 is 5.88. The minimum Gasteiger partial charge on any atom is -0.469 e. The van der Waals surface area contributed by atoms with Gasteiger partial charge in [0, 0.05) is 31.4 Å². The second-order valence-corrected chi connectivity index (χ2v) is 7.90. The van der Waals surface area contributed by atoms with Gasteiger partial charge in [0.1, 0.15) is 23.2 Å². The molecular formula is C21H23ClFN7O2. The van der Waals surface area contributed by atoms with E-state index in [9.17, 15) is 9.18 Å². The average Bonchev–Trinajstić information content (AvgIpc) is 2.81. The van der Waals surface area contributed by atoms with E-state index in [1.165, 1.54) is 25.6 Å². The number of hydrogen-bond donors (Lipinski definition) is 2. The monoisotopic (exact) mass is 459 g/mol. The van der Waals surface area contributed by atoms with Crippen molar-refractivity contribution in [1.82, 2.24) is 24.8 Å². The van der Waals surface area contributed by atoms with Gasteiger partial charge in [-0.3, -0.25) is 4.79 Å². The first-order valence-corrected chi connectivity index (χ1v) is 10.6. The molecule has 0 saturated carbocycles. The zero-order valence-electron chi connectivity index (χ0n) is 17.5. The van der Waals surface area contributed by atoms with Crippen molar-refractivity contribution in [3.63, 3.8) is 0 Å². The molecule has 2 aromatic heterocycles. The van der Waals surface area contributed by atoms with Crippen LogP contribution >= 0.6 is 11.6 Å². The van der Waals surface area contributed by atoms with Crippen molar-refractivity contribution in [2.24, 2.45) is 0 Å². The molecule has 0 amide bonds. The number of fused-ring (bicyclic) bond motifs is 1. The molecule has 0 radical (unpaired) electrons. The number of benzene rings is 1. The Morgan fingerprint density at radius 2 is 2.09 bits per heavy atom. The highest BCUT2D eigenvalue weighted by Gasteiger charge is 2.20. The fourth-order valence-electron chi connectivity index (χ4n) is 3.56. The molecule has 0 bridgehead atoms. The number of halogens is 2. The first-order valence-electron chi connectivity index (χ1n) is 10.3. The lowest BCUT2D eigenvalue weighted by Gasteiger charge is -2.32. The molecule has 9 nitrogen and oxygen atoms in total. The standard InChI is InChI=1S/C21H23ClFN7O2/c1-32-18(31)6-9-30-7-4-13(5-8-30)28-21-24-11-17-19(29-21)20(26-12-25-17)27-14-2-3-16(23)15(22)10-14/h2-3,10-13H,4-9H2,1H3,(H,24,28,29)(H,25,26,27). The van der Waals surface area contributed by atoms with Gasteiger partial charge >= 0.3 is 5.97 Å². The molecule has 1 aliphatic rings. The third-order valence-electron chi connectivity index (χ3n) is 5.34. The number of hydrogen-bond acceptors (Lipinski definition) is 9. The number of anilines is 3. The SMILES string of the molecule is COC(=O)CCN1CCC(Nc2ncc3ncnc(Nc4ccc(F)c(Cl)c4)c3n2)CC1. The van der Waals surface area contributed by atoms with Crippen LogP contribution in [-0.2, 0) is 9.53 Å². The fourth-order valence-corrected chi connectivity index (χ4v) is 3.74. The van der Waals surface area contributed by atoms with Crippen molar-refractivity contribution in [3.8, 4) is 0 Å². The zero-order valence-corrected chi connectivity index (χ0v) is 18.3. The summed E-state index contributed by atoms with van der Waals surface area (Å²) in [6.45, 7) is 2.46. The van der Waals surface area contributed by atoms with Crippen LogP contribution in [0, 0.1) is 5.82 Å². The van der Waals surface area contributed by atoms with Gasteiger partial charge in [-0.1, -0.05) is 11.6 Å². The number of piperidine rings is 1. The van der Waals surface area contributed by atoms with Gasteiger partial charge in [0.2, 0.25) is 5.95 Å². The van der Waals surface area contributed by atoms with Crippen molar-refractivity contribution in [3.05, 3.63) is 41.6 Å². The van der Waals surface area contributed by atoms with E-state index in [4.69, 9.17) is 16.3 Å². The highest BCUT2D eigenvalue weighted by atomic mass is 35.5. The second-order valence-electron chi connectivity index (χ2n) is 7.49. The maximum atomic E-state index is 13.4. The molecule has 4 rings (SSSR count). The molecule has 11 heteroatoms. The molecule has 3 aromatic rings. The van der Waals surface area contributed by atoms with E-state index in [2.05, 4.69) is 35.5 Å². The largest absolute Gasteiger partial charge is 0.469 e. The number of rotatable bonds is 7. The van der Waals surface area contributed by atoms with Gasteiger partial charge in [-0.05, 0) is 31.0 Å². The van der Waals surface area contributed by atoms with E-state index in [0.29, 0.717) is 41.5 Å². The van der Waals surface area contributed by atoms with Crippen molar-refractivity contribution in [2.75, 3.05) is 37.4 Å². The minimum absolute atomic E-state index is 0.0169. The van der Waals surface area contributed by atoms with Gasteiger partial charge in [0.05, 0.1) is 24.8 Å². The van der Waals surface area contributed by atoms with Crippen LogP contribution in [0.4, 0.5) is 21.8 Å². The lowest BCUT2D eigenvalue weighted by Crippen LogP contribution is -2.40. The summed E-state index contributed by atoms with van der Waals surface area (Å²) in [5.41, 5.74) is 1.71.